The minimum atomic E-state index is -0.331. The molecule has 18 heavy (non-hydrogen) atoms. The summed E-state index contributed by atoms with van der Waals surface area (Å²) in [5, 5.41) is 3.88. The van der Waals surface area contributed by atoms with Crippen LogP contribution in [0.25, 0.3) is 11.3 Å². The highest BCUT2D eigenvalue weighted by molar-refractivity contribution is 9.10. The van der Waals surface area contributed by atoms with Gasteiger partial charge < -0.3 is 10.3 Å². The molecule has 0 amide bonds. The summed E-state index contributed by atoms with van der Waals surface area (Å²) >= 11 is 3.30. The van der Waals surface area contributed by atoms with E-state index in [1.165, 1.54) is 6.07 Å². The summed E-state index contributed by atoms with van der Waals surface area (Å²) in [6.07, 6.45) is 1.78. The average Bonchev–Trinajstić information content (AvgIpc) is 2.82. The second-order valence-corrected chi connectivity index (χ2v) is 5.05. The van der Waals surface area contributed by atoms with Gasteiger partial charge in [-0.25, -0.2) is 4.39 Å². The van der Waals surface area contributed by atoms with Crippen molar-refractivity contribution in [3.05, 3.63) is 40.3 Å². The Kier molecular flexibility index (Phi) is 4.14. The lowest BCUT2D eigenvalue weighted by atomic mass is 10.1. The van der Waals surface area contributed by atoms with Gasteiger partial charge in [0.2, 0.25) is 0 Å². The van der Waals surface area contributed by atoms with E-state index < -0.39 is 0 Å². The Morgan fingerprint density at radius 1 is 1.44 bits per heavy atom. The van der Waals surface area contributed by atoms with Crippen molar-refractivity contribution in [3.63, 3.8) is 0 Å². The lowest BCUT2D eigenvalue weighted by Gasteiger charge is -2.03. The molecule has 1 atom stereocenters. The van der Waals surface area contributed by atoms with Gasteiger partial charge in [0.1, 0.15) is 11.5 Å². The van der Waals surface area contributed by atoms with Crippen molar-refractivity contribution >= 4 is 15.9 Å². The number of aromatic nitrogens is 1. The van der Waals surface area contributed by atoms with E-state index in [-0.39, 0.29) is 11.9 Å². The van der Waals surface area contributed by atoms with Crippen molar-refractivity contribution in [1.29, 1.82) is 0 Å². The minimum absolute atomic E-state index is 0.188. The molecule has 96 valence electrons. The van der Waals surface area contributed by atoms with Crippen molar-refractivity contribution in [3.8, 4) is 11.3 Å². The monoisotopic (exact) mass is 312 g/mol. The van der Waals surface area contributed by atoms with Gasteiger partial charge >= 0.3 is 0 Å². The van der Waals surface area contributed by atoms with Crippen LogP contribution in [0, 0.1) is 5.82 Å². The molecule has 5 heteroatoms. The largest absolute Gasteiger partial charge is 0.359 e. The third-order valence-electron chi connectivity index (χ3n) is 2.70. The summed E-state index contributed by atoms with van der Waals surface area (Å²) in [7, 11) is 0. The number of hydrogen-bond acceptors (Lipinski definition) is 3. The standard InChI is InChI=1S/C13H14BrFN2O/c1-2-3-11(16)13-7-12(17-18-13)9-6-8(14)4-5-10(9)15/h4-7,11H,2-3,16H2,1H3. The molecule has 2 rings (SSSR count). The number of hydrogen-bond donors (Lipinski definition) is 1. The van der Waals surface area contributed by atoms with Crippen LogP contribution in [0.5, 0.6) is 0 Å². The maximum Gasteiger partial charge on any atom is 0.154 e. The Bertz CT molecular complexity index is 542. The van der Waals surface area contributed by atoms with Crippen LogP contribution in [0.15, 0.2) is 33.3 Å². The first-order valence-corrected chi connectivity index (χ1v) is 6.58. The zero-order valence-electron chi connectivity index (χ0n) is 9.99. The van der Waals surface area contributed by atoms with Gasteiger partial charge in [0.15, 0.2) is 5.76 Å². The lowest BCUT2D eigenvalue weighted by Crippen LogP contribution is -2.08. The molecule has 2 aromatic rings. The van der Waals surface area contributed by atoms with Crippen molar-refractivity contribution in [2.45, 2.75) is 25.8 Å². The maximum atomic E-state index is 13.7. The minimum Gasteiger partial charge on any atom is -0.359 e. The normalized spacial score (nSPS) is 12.7. The van der Waals surface area contributed by atoms with E-state index in [1.807, 2.05) is 6.92 Å². The third kappa shape index (κ3) is 2.79. The molecule has 0 fully saturated rings. The van der Waals surface area contributed by atoms with E-state index in [0.29, 0.717) is 17.0 Å². The molecule has 0 aliphatic rings. The fraction of sp³-hybridized carbons (Fsp3) is 0.308. The number of nitrogens with two attached hydrogens (primary N) is 1. The van der Waals surface area contributed by atoms with Crippen molar-refractivity contribution in [1.82, 2.24) is 5.16 Å². The molecule has 0 aliphatic heterocycles. The van der Waals surface area contributed by atoms with Gasteiger partial charge in [0.25, 0.3) is 0 Å². The average molecular weight is 313 g/mol. The lowest BCUT2D eigenvalue weighted by molar-refractivity contribution is 0.356. The summed E-state index contributed by atoms with van der Waals surface area (Å²) in [6.45, 7) is 2.05. The molecule has 0 aliphatic carbocycles. The summed E-state index contributed by atoms with van der Waals surface area (Å²) in [5.74, 6) is 0.258. The summed E-state index contributed by atoms with van der Waals surface area (Å²) < 4.78 is 19.6. The number of benzene rings is 1. The fourth-order valence-electron chi connectivity index (χ4n) is 1.74. The topological polar surface area (TPSA) is 52.0 Å². The van der Waals surface area contributed by atoms with Gasteiger partial charge in [-0.3, -0.25) is 0 Å². The summed E-state index contributed by atoms with van der Waals surface area (Å²) in [6, 6.07) is 6.21. The molecular formula is C13H14BrFN2O. The van der Waals surface area contributed by atoms with Crippen LogP contribution in [0.3, 0.4) is 0 Å². The molecular weight excluding hydrogens is 299 g/mol. The molecule has 2 N–H and O–H groups in total. The van der Waals surface area contributed by atoms with Gasteiger partial charge in [0.05, 0.1) is 6.04 Å². The quantitative estimate of drug-likeness (QED) is 0.926. The molecule has 3 nitrogen and oxygen atoms in total. The molecule has 0 saturated heterocycles. The number of halogens is 2. The predicted molar refractivity (Wildman–Crippen MR) is 71.4 cm³/mol. The van der Waals surface area contributed by atoms with Crippen LogP contribution in [0.1, 0.15) is 31.6 Å². The third-order valence-corrected chi connectivity index (χ3v) is 3.19. The molecule has 0 saturated carbocycles. The van der Waals surface area contributed by atoms with Crippen molar-refractivity contribution in [2.75, 3.05) is 0 Å². The van der Waals surface area contributed by atoms with Crippen LogP contribution in [-0.4, -0.2) is 5.16 Å². The van der Waals surface area contributed by atoms with Gasteiger partial charge in [0, 0.05) is 16.1 Å². The molecule has 1 aromatic heterocycles. The Labute approximate surface area is 113 Å². The van der Waals surface area contributed by atoms with E-state index in [9.17, 15) is 4.39 Å². The smallest absolute Gasteiger partial charge is 0.154 e. The van der Waals surface area contributed by atoms with Crippen LogP contribution in [0.4, 0.5) is 4.39 Å². The first-order chi connectivity index (χ1) is 8.61. The van der Waals surface area contributed by atoms with E-state index >= 15 is 0 Å². The molecule has 0 bridgehead atoms. The number of nitrogens with zero attached hydrogens (tertiary/aromatic N) is 1. The highest BCUT2D eigenvalue weighted by Crippen LogP contribution is 2.27. The second kappa shape index (κ2) is 5.63. The van der Waals surface area contributed by atoms with Crippen molar-refractivity contribution in [2.24, 2.45) is 5.73 Å². The molecule has 1 unspecified atom stereocenters. The SMILES string of the molecule is CCCC(N)c1cc(-c2cc(Br)ccc2F)no1. The Morgan fingerprint density at radius 3 is 2.94 bits per heavy atom. The zero-order chi connectivity index (χ0) is 13.1. The van der Waals surface area contributed by atoms with E-state index in [2.05, 4.69) is 21.1 Å². The first-order valence-electron chi connectivity index (χ1n) is 5.79. The second-order valence-electron chi connectivity index (χ2n) is 4.13. The van der Waals surface area contributed by atoms with Gasteiger partial charge in [-0.15, -0.1) is 0 Å². The first kappa shape index (κ1) is 13.2. The highest BCUT2D eigenvalue weighted by Gasteiger charge is 2.15. The number of rotatable bonds is 4. The van der Waals surface area contributed by atoms with E-state index in [0.717, 1.165) is 17.3 Å². The Hall–Kier alpha value is -1.20. The molecule has 0 radical (unpaired) electrons. The maximum absolute atomic E-state index is 13.7. The highest BCUT2D eigenvalue weighted by atomic mass is 79.9. The van der Waals surface area contributed by atoms with E-state index in [1.54, 1.807) is 18.2 Å². The zero-order valence-corrected chi connectivity index (χ0v) is 11.6. The molecule has 1 heterocycles. The Morgan fingerprint density at radius 2 is 2.22 bits per heavy atom. The predicted octanol–water partition coefficient (Wildman–Crippen LogP) is 4.04. The van der Waals surface area contributed by atoms with Crippen LogP contribution >= 0.6 is 15.9 Å². The van der Waals surface area contributed by atoms with Crippen LogP contribution in [0.2, 0.25) is 0 Å². The molecule has 0 spiro atoms. The van der Waals surface area contributed by atoms with Crippen molar-refractivity contribution < 1.29 is 8.91 Å². The summed E-state index contributed by atoms with van der Waals surface area (Å²) in [5.41, 5.74) is 6.80. The van der Waals surface area contributed by atoms with E-state index in [4.69, 9.17) is 10.3 Å². The molecule has 1 aromatic carbocycles. The summed E-state index contributed by atoms with van der Waals surface area (Å²) in [4.78, 5) is 0. The van der Waals surface area contributed by atoms with Crippen LogP contribution < -0.4 is 5.73 Å². The van der Waals surface area contributed by atoms with Crippen LogP contribution in [-0.2, 0) is 0 Å². The Balaban J connectivity index is 2.32. The fourth-order valence-corrected chi connectivity index (χ4v) is 2.10. The van der Waals surface area contributed by atoms with Gasteiger partial charge in [-0.1, -0.05) is 34.4 Å². The van der Waals surface area contributed by atoms with Gasteiger partial charge in [-0.2, -0.15) is 0 Å². The van der Waals surface area contributed by atoms with Gasteiger partial charge in [-0.05, 0) is 24.6 Å².